The van der Waals surface area contributed by atoms with Crippen molar-refractivity contribution in [1.29, 1.82) is 0 Å². The highest BCUT2D eigenvalue weighted by molar-refractivity contribution is 6.30. The molecular formula is C22H30ClN. The molecule has 1 aliphatic carbocycles. The van der Waals surface area contributed by atoms with Gasteiger partial charge in [0.25, 0.3) is 0 Å². The number of fused-ring (bicyclic) bond motifs is 1. The van der Waals surface area contributed by atoms with Gasteiger partial charge in [0.1, 0.15) is 0 Å². The summed E-state index contributed by atoms with van der Waals surface area (Å²) in [6.45, 7) is 13.4. The van der Waals surface area contributed by atoms with E-state index in [0.29, 0.717) is 0 Å². The van der Waals surface area contributed by atoms with E-state index in [1.807, 2.05) is 38.1 Å². The lowest BCUT2D eigenvalue weighted by Gasteiger charge is -2.42. The molecule has 0 atom stereocenters. The van der Waals surface area contributed by atoms with Crippen LogP contribution in [0, 0.1) is 0 Å². The van der Waals surface area contributed by atoms with Crippen LogP contribution in [0.15, 0.2) is 42.5 Å². The van der Waals surface area contributed by atoms with Crippen molar-refractivity contribution in [3.63, 3.8) is 0 Å². The Balaban J connectivity index is 0.00000100. The zero-order valence-corrected chi connectivity index (χ0v) is 16.6. The van der Waals surface area contributed by atoms with Crippen molar-refractivity contribution in [3.8, 4) is 0 Å². The van der Waals surface area contributed by atoms with Crippen LogP contribution in [-0.2, 0) is 10.8 Å². The van der Waals surface area contributed by atoms with Crippen LogP contribution >= 0.6 is 11.6 Å². The number of anilines is 2. The summed E-state index contributed by atoms with van der Waals surface area (Å²) in [4.78, 5) is 0. The third kappa shape index (κ3) is 3.95. The van der Waals surface area contributed by atoms with Crippen LogP contribution in [0.2, 0.25) is 5.02 Å². The largest absolute Gasteiger partial charge is 0.356 e. The fourth-order valence-electron chi connectivity index (χ4n) is 3.37. The van der Waals surface area contributed by atoms with Gasteiger partial charge in [0.2, 0.25) is 0 Å². The fourth-order valence-corrected chi connectivity index (χ4v) is 3.49. The number of rotatable bonds is 2. The molecule has 0 heterocycles. The van der Waals surface area contributed by atoms with Gasteiger partial charge in [-0.15, -0.1) is 0 Å². The van der Waals surface area contributed by atoms with Crippen molar-refractivity contribution in [2.75, 3.05) is 5.32 Å². The predicted molar refractivity (Wildman–Crippen MR) is 108 cm³/mol. The lowest BCUT2D eigenvalue weighted by Crippen LogP contribution is -2.33. The summed E-state index contributed by atoms with van der Waals surface area (Å²) in [5.41, 5.74) is 5.68. The fraction of sp³-hybridized carbons (Fsp3) is 0.455. The number of halogens is 1. The van der Waals surface area contributed by atoms with Crippen molar-refractivity contribution in [1.82, 2.24) is 0 Å². The monoisotopic (exact) mass is 343 g/mol. The predicted octanol–water partition coefficient (Wildman–Crippen LogP) is 7.46. The van der Waals surface area contributed by atoms with E-state index in [1.54, 1.807) is 0 Å². The van der Waals surface area contributed by atoms with E-state index in [2.05, 4.69) is 51.2 Å². The Morgan fingerprint density at radius 1 is 0.750 bits per heavy atom. The van der Waals surface area contributed by atoms with E-state index in [1.165, 1.54) is 24.0 Å². The average molecular weight is 344 g/mol. The van der Waals surface area contributed by atoms with Crippen LogP contribution in [0.25, 0.3) is 0 Å². The molecule has 0 saturated carbocycles. The van der Waals surface area contributed by atoms with E-state index in [9.17, 15) is 0 Å². The van der Waals surface area contributed by atoms with Gasteiger partial charge in [-0.05, 0) is 71.2 Å². The number of benzene rings is 2. The van der Waals surface area contributed by atoms with E-state index in [0.717, 1.165) is 16.4 Å². The van der Waals surface area contributed by atoms with Gasteiger partial charge in [-0.3, -0.25) is 0 Å². The second-order valence-corrected chi connectivity index (χ2v) is 8.10. The van der Waals surface area contributed by atoms with Crippen molar-refractivity contribution < 1.29 is 0 Å². The van der Waals surface area contributed by atoms with Crippen molar-refractivity contribution in [3.05, 3.63) is 58.6 Å². The maximum Gasteiger partial charge on any atom is 0.0407 e. The molecule has 1 nitrogen and oxygen atoms in total. The smallest absolute Gasteiger partial charge is 0.0407 e. The minimum absolute atomic E-state index is 0.239. The molecule has 0 radical (unpaired) electrons. The van der Waals surface area contributed by atoms with Gasteiger partial charge in [-0.2, -0.15) is 0 Å². The third-order valence-corrected chi connectivity index (χ3v) is 5.24. The van der Waals surface area contributed by atoms with E-state index >= 15 is 0 Å². The minimum atomic E-state index is 0.239. The van der Waals surface area contributed by atoms with E-state index < -0.39 is 0 Å². The highest BCUT2D eigenvalue weighted by atomic mass is 35.5. The van der Waals surface area contributed by atoms with Crippen LogP contribution in [0.5, 0.6) is 0 Å². The van der Waals surface area contributed by atoms with Crippen LogP contribution in [0.3, 0.4) is 0 Å². The molecule has 0 saturated heterocycles. The molecule has 0 amide bonds. The molecule has 24 heavy (non-hydrogen) atoms. The minimum Gasteiger partial charge on any atom is -0.356 e. The molecule has 0 fully saturated rings. The molecule has 2 aromatic rings. The summed E-state index contributed by atoms with van der Waals surface area (Å²) in [7, 11) is 0. The molecule has 0 aliphatic heterocycles. The van der Waals surface area contributed by atoms with Crippen molar-refractivity contribution in [2.45, 2.75) is 65.2 Å². The van der Waals surface area contributed by atoms with Gasteiger partial charge >= 0.3 is 0 Å². The van der Waals surface area contributed by atoms with Gasteiger partial charge in [0, 0.05) is 16.4 Å². The Kier molecular flexibility index (Phi) is 5.65. The van der Waals surface area contributed by atoms with Crippen LogP contribution in [-0.4, -0.2) is 0 Å². The Labute approximate surface area is 152 Å². The first-order chi connectivity index (χ1) is 11.3. The normalized spacial score (nSPS) is 17.3. The van der Waals surface area contributed by atoms with Gasteiger partial charge in [0.15, 0.2) is 0 Å². The quantitative estimate of drug-likeness (QED) is 0.596. The second-order valence-electron chi connectivity index (χ2n) is 7.66. The number of hydrogen-bond donors (Lipinski definition) is 1. The zero-order valence-electron chi connectivity index (χ0n) is 15.8. The van der Waals surface area contributed by atoms with Gasteiger partial charge in [-0.1, -0.05) is 59.2 Å². The summed E-state index contributed by atoms with van der Waals surface area (Å²) in [6, 6.07) is 14.7. The summed E-state index contributed by atoms with van der Waals surface area (Å²) >= 11 is 5.95. The highest BCUT2D eigenvalue weighted by Crippen LogP contribution is 2.46. The van der Waals surface area contributed by atoms with Crippen molar-refractivity contribution >= 4 is 23.0 Å². The van der Waals surface area contributed by atoms with Crippen LogP contribution in [0.1, 0.15) is 65.5 Å². The first-order valence-electron chi connectivity index (χ1n) is 8.96. The molecule has 0 aromatic heterocycles. The molecular weight excluding hydrogens is 314 g/mol. The SMILES string of the molecule is CC.CC1(C)CCC(C)(C)c2cc(Nc3ccc(Cl)cc3)ccc21. The average Bonchev–Trinajstić information content (AvgIpc) is 2.56. The molecule has 130 valence electrons. The summed E-state index contributed by atoms with van der Waals surface area (Å²) in [5, 5.41) is 4.25. The number of hydrogen-bond acceptors (Lipinski definition) is 1. The topological polar surface area (TPSA) is 12.0 Å². The molecule has 0 spiro atoms. The Morgan fingerprint density at radius 2 is 1.25 bits per heavy atom. The Hall–Kier alpha value is -1.47. The van der Waals surface area contributed by atoms with Crippen molar-refractivity contribution in [2.24, 2.45) is 0 Å². The highest BCUT2D eigenvalue weighted by Gasteiger charge is 2.36. The van der Waals surface area contributed by atoms with Crippen LogP contribution < -0.4 is 5.32 Å². The summed E-state index contributed by atoms with van der Waals surface area (Å²) in [5.74, 6) is 0. The molecule has 1 N–H and O–H groups in total. The lowest BCUT2D eigenvalue weighted by atomic mass is 9.63. The first kappa shape index (κ1) is 18.9. The maximum absolute atomic E-state index is 5.95. The third-order valence-electron chi connectivity index (χ3n) is 4.99. The number of nitrogens with one attached hydrogen (secondary N) is 1. The van der Waals surface area contributed by atoms with Gasteiger partial charge < -0.3 is 5.32 Å². The van der Waals surface area contributed by atoms with Gasteiger partial charge in [-0.25, -0.2) is 0 Å². The molecule has 0 unspecified atom stereocenters. The Bertz CT molecular complexity index is 684. The van der Waals surface area contributed by atoms with E-state index in [4.69, 9.17) is 11.6 Å². The summed E-state index contributed by atoms with van der Waals surface area (Å²) < 4.78 is 0. The molecule has 0 bridgehead atoms. The molecule has 2 aromatic carbocycles. The molecule has 2 heteroatoms. The van der Waals surface area contributed by atoms with E-state index in [-0.39, 0.29) is 10.8 Å². The molecule has 1 aliphatic rings. The van der Waals surface area contributed by atoms with Gasteiger partial charge in [0.05, 0.1) is 0 Å². The maximum atomic E-state index is 5.95. The second kappa shape index (κ2) is 7.19. The summed E-state index contributed by atoms with van der Waals surface area (Å²) in [6.07, 6.45) is 2.48. The zero-order chi connectivity index (χ0) is 18.0. The standard InChI is InChI=1S/C20H24ClN.C2H6/c1-19(2)11-12-20(3,4)18-13-16(9-10-17(18)19)22-15-7-5-14(21)6-8-15;1-2/h5-10,13,22H,11-12H2,1-4H3;1-2H3. The van der Waals surface area contributed by atoms with Crippen LogP contribution in [0.4, 0.5) is 11.4 Å². The Morgan fingerprint density at radius 3 is 1.83 bits per heavy atom. The first-order valence-corrected chi connectivity index (χ1v) is 9.33. The molecule has 3 rings (SSSR count). The lowest BCUT2D eigenvalue weighted by molar-refractivity contribution is 0.332.